The summed E-state index contributed by atoms with van der Waals surface area (Å²) in [6.45, 7) is 7.19. The molecule has 0 heterocycles. The lowest BCUT2D eigenvalue weighted by molar-refractivity contribution is 0.0755. The van der Waals surface area contributed by atoms with E-state index in [0.717, 1.165) is 39.0 Å². The summed E-state index contributed by atoms with van der Waals surface area (Å²) in [6, 6.07) is 13.8. The molecule has 2 amide bonds. The Morgan fingerprint density at radius 1 is 0.788 bits per heavy atom. The molecule has 0 spiro atoms. The summed E-state index contributed by atoms with van der Waals surface area (Å²) in [4.78, 5) is 28.2. The van der Waals surface area contributed by atoms with E-state index in [-0.39, 0.29) is 18.0 Å². The van der Waals surface area contributed by atoms with Crippen molar-refractivity contribution < 1.29 is 18.0 Å². The van der Waals surface area contributed by atoms with Crippen molar-refractivity contribution >= 4 is 22.0 Å². The monoisotopic (exact) mass is 473 g/mol. The smallest absolute Gasteiger partial charge is 0.306 e. The first-order valence-electron chi connectivity index (χ1n) is 11.4. The van der Waals surface area contributed by atoms with Crippen molar-refractivity contribution in [3.8, 4) is 0 Å². The van der Waals surface area contributed by atoms with Crippen molar-refractivity contribution in [1.29, 1.82) is 0 Å². The Morgan fingerprint density at radius 3 is 1.88 bits per heavy atom. The molecule has 0 atom stereocenters. The van der Waals surface area contributed by atoms with Gasteiger partial charge < -0.3 is 4.90 Å². The summed E-state index contributed by atoms with van der Waals surface area (Å²) in [6.07, 6.45) is 2.46. The fourth-order valence-corrected chi connectivity index (χ4v) is 4.56. The van der Waals surface area contributed by atoms with Gasteiger partial charge >= 0.3 is 10.2 Å². The average Bonchev–Trinajstić information content (AvgIpc) is 2.81. The van der Waals surface area contributed by atoms with E-state index >= 15 is 0 Å². The van der Waals surface area contributed by atoms with Crippen molar-refractivity contribution in [2.45, 2.75) is 46.6 Å². The third-order valence-electron chi connectivity index (χ3n) is 5.32. The maximum Gasteiger partial charge on any atom is 0.306 e. The number of carbonyl (C=O) groups excluding carboxylic acids is 2. The molecule has 0 aliphatic heterocycles. The number of aryl methyl sites for hydroxylation is 1. The zero-order chi connectivity index (χ0) is 24.6. The molecule has 0 saturated carbocycles. The van der Waals surface area contributed by atoms with Crippen LogP contribution in [0.5, 0.6) is 0 Å². The van der Waals surface area contributed by atoms with Gasteiger partial charge in [-0.25, -0.2) is 4.31 Å². The van der Waals surface area contributed by atoms with E-state index in [2.05, 4.69) is 0 Å². The molecule has 0 fully saturated rings. The molecule has 2 aromatic carbocycles. The van der Waals surface area contributed by atoms with Crippen molar-refractivity contribution in [2.75, 3.05) is 27.2 Å². The van der Waals surface area contributed by atoms with Gasteiger partial charge in [-0.2, -0.15) is 12.7 Å². The number of hydrogen-bond donors (Lipinski definition) is 0. The highest BCUT2D eigenvalue weighted by molar-refractivity contribution is 7.87. The van der Waals surface area contributed by atoms with E-state index < -0.39 is 16.1 Å². The zero-order valence-corrected chi connectivity index (χ0v) is 21.1. The van der Waals surface area contributed by atoms with Crippen LogP contribution in [0.3, 0.4) is 0 Å². The third-order valence-corrected chi connectivity index (χ3v) is 7.10. The fraction of sp³-hybridized carbons (Fsp3) is 0.440. The van der Waals surface area contributed by atoms with Gasteiger partial charge in [-0.1, -0.05) is 51.1 Å². The van der Waals surface area contributed by atoms with E-state index in [1.54, 1.807) is 29.2 Å². The molecule has 0 saturated heterocycles. The van der Waals surface area contributed by atoms with Crippen LogP contribution in [0.15, 0.2) is 48.5 Å². The Balaban J connectivity index is 2.44. The fourth-order valence-electron chi connectivity index (χ4n) is 3.54. The molecule has 0 radical (unpaired) electrons. The predicted octanol–water partition coefficient (Wildman–Crippen LogP) is 3.96. The molecular weight excluding hydrogens is 438 g/mol. The van der Waals surface area contributed by atoms with E-state index in [1.165, 1.54) is 20.2 Å². The molecule has 0 aliphatic rings. The molecular formula is C25H35N3O4S. The molecule has 7 nitrogen and oxygen atoms in total. The minimum atomic E-state index is -4.05. The van der Waals surface area contributed by atoms with Gasteiger partial charge in [-0.05, 0) is 48.6 Å². The highest BCUT2D eigenvalue weighted by Gasteiger charge is 2.31. The van der Waals surface area contributed by atoms with Crippen LogP contribution in [-0.2, 0) is 23.2 Å². The maximum absolute atomic E-state index is 13.4. The second kappa shape index (κ2) is 12.0. The van der Waals surface area contributed by atoms with Gasteiger partial charge in [-0.15, -0.1) is 0 Å². The second-order valence-electron chi connectivity index (χ2n) is 8.15. The van der Waals surface area contributed by atoms with Gasteiger partial charge in [0.05, 0.1) is 6.54 Å². The van der Waals surface area contributed by atoms with Crippen molar-refractivity contribution in [2.24, 2.45) is 0 Å². The van der Waals surface area contributed by atoms with Crippen LogP contribution in [0.1, 0.15) is 65.5 Å². The minimum Gasteiger partial charge on any atom is -0.339 e. The summed E-state index contributed by atoms with van der Waals surface area (Å²) < 4.78 is 28.0. The lowest BCUT2D eigenvalue weighted by Gasteiger charge is -2.26. The number of rotatable bonds is 11. The van der Waals surface area contributed by atoms with Gasteiger partial charge in [0.15, 0.2) is 0 Å². The Kier molecular flexibility index (Phi) is 9.61. The Hall–Kier alpha value is -2.71. The molecule has 8 heteroatoms. The molecule has 2 aromatic rings. The van der Waals surface area contributed by atoms with Crippen LogP contribution < -0.4 is 0 Å². The highest BCUT2D eigenvalue weighted by atomic mass is 32.2. The van der Waals surface area contributed by atoms with E-state index in [0.29, 0.717) is 18.7 Å². The van der Waals surface area contributed by atoms with E-state index in [1.807, 2.05) is 39.0 Å². The number of carbonyl (C=O) groups is 2. The molecule has 2 rings (SSSR count). The number of benzene rings is 2. The van der Waals surface area contributed by atoms with Crippen molar-refractivity contribution in [3.05, 3.63) is 70.8 Å². The SMILES string of the molecule is CCCN(CCC)C(=O)c1cccc(C(=O)N(Cc2cccc(CC)c2)S(=O)(=O)N(C)C)c1. The molecule has 0 N–H and O–H groups in total. The summed E-state index contributed by atoms with van der Waals surface area (Å²) in [7, 11) is -1.26. The van der Waals surface area contributed by atoms with Crippen LogP contribution in [0.2, 0.25) is 0 Å². The quantitative estimate of drug-likeness (QED) is 0.495. The minimum absolute atomic E-state index is 0.0941. The molecule has 0 bridgehead atoms. The number of amides is 2. The van der Waals surface area contributed by atoms with Crippen LogP contribution in [-0.4, -0.2) is 60.9 Å². The predicted molar refractivity (Wildman–Crippen MR) is 131 cm³/mol. The Morgan fingerprint density at radius 2 is 1.33 bits per heavy atom. The van der Waals surface area contributed by atoms with Gasteiger partial charge in [0.1, 0.15) is 0 Å². The molecule has 180 valence electrons. The number of hydrogen-bond acceptors (Lipinski definition) is 4. The van der Waals surface area contributed by atoms with Gasteiger partial charge in [0, 0.05) is 38.3 Å². The summed E-state index contributed by atoms with van der Waals surface area (Å²) >= 11 is 0. The van der Waals surface area contributed by atoms with Crippen LogP contribution in [0.25, 0.3) is 0 Å². The molecule has 33 heavy (non-hydrogen) atoms. The van der Waals surface area contributed by atoms with Crippen LogP contribution in [0.4, 0.5) is 0 Å². The normalized spacial score (nSPS) is 11.5. The van der Waals surface area contributed by atoms with Crippen molar-refractivity contribution in [3.63, 3.8) is 0 Å². The summed E-state index contributed by atoms with van der Waals surface area (Å²) in [5.74, 6) is -0.830. The van der Waals surface area contributed by atoms with Gasteiger partial charge in [0.2, 0.25) is 0 Å². The van der Waals surface area contributed by atoms with E-state index in [4.69, 9.17) is 0 Å². The Bertz CT molecular complexity index is 1060. The maximum atomic E-state index is 13.4. The number of nitrogens with zero attached hydrogens (tertiary/aromatic N) is 3. The standard InChI is InChI=1S/C25H35N3O4S/c1-6-15-27(16-7-2)24(29)22-13-10-14-23(18-22)25(30)28(33(31,32)26(4)5)19-21-12-9-11-20(8-3)17-21/h9-14,17-18H,6-8,15-16,19H2,1-5H3. The topological polar surface area (TPSA) is 78.0 Å². The second-order valence-corrected chi connectivity index (χ2v) is 10.2. The first-order valence-corrected chi connectivity index (χ1v) is 12.8. The molecule has 0 aromatic heterocycles. The van der Waals surface area contributed by atoms with E-state index in [9.17, 15) is 18.0 Å². The molecule has 0 unspecified atom stereocenters. The first kappa shape index (κ1) is 26.5. The highest BCUT2D eigenvalue weighted by Crippen LogP contribution is 2.19. The first-order chi connectivity index (χ1) is 15.6. The van der Waals surface area contributed by atoms with Crippen molar-refractivity contribution in [1.82, 2.24) is 13.5 Å². The zero-order valence-electron chi connectivity index (χ0n) is 20.2. The lowest BCUT2D eigenvalue weighted by atomic mass is 10.1. The average molecular weight is 474 g/mol. The lowest BCUT2D eigenvalue weighted by Crippen LogP contribution is -2.43. The summed E-state index contributed by atoms with van der Waals surface area (Å²) in [5.41, 5.74) is 2.31. The Labute approximate surface area is 198 Å². The van der Waals surface area contributed by atoms with Crippen LogP contribution in [0, 0.1) is 0 Å². The molecule has 0 aliphatic carbocycles. The van der Waals surface area contributed by atoms with Gasteiger partial charge in [-0.3, -0.25) is 9.59 Å². The van der Waals surface area contributed by atoms with Crippen LogP contribution >= 0.6 is 0 Å². The van der Waals surface area contributed by atoms with Gasteiger partial charge in [0.25, 0.3) is 11.8 Å². The largest absolute Gasteiger partial charge is 0.339 e. The third kappa shape index (κ3) is 6.65. The summed E-state index contributed by atoms with van der Waals surface area (Å²) in [5, 5.41) is 0.